The van der Waals surface area contributed by atoms with Gasteiger partial charge in [0.1, 0.15) is 0 Å². The Kier molecular flexibility index (Phi) is 6.35. The van der Waals surface area contributed by atoms with Crippen molar-refractivity contribution in [3.05, 3.63) is 95.1 Å². The molecule has 36 heavy (non-hydrogen) atoms. The number of benzene rings is 3. The summed E-state index contributed by atoms with van der Waals surface area (Å²) >= 11 is 0. The number of hydrogen-bond acceptors (Lipinski definition) is 3. The molecule has 3 aliphatic rings. The molecule has 186 valence electrons. The van der Waals surface area contributed by atoms with Gasteiger partial charge in [-0.25, -0.2) is 0 Å². The highest BCUT2D eigenvalue weighted by atomic mass is 15.2. The fourth-order valence-corrected chi connectivity index (χ4v) is 6.79. The third-order valence-electron chi connectivity index (χ3n) is 8.86. The number of anilines is 2. The van der Waals surface area contributed by atoms with Gasteiger partial charge in [0.25, 0.3) is 0 Å². The van der Waals surface area contributed by atoms with Crippen LogP contribution in [0.2, 0.25) is 0 Å². The summed E-state index contributed by atoms with van der Waals surface area (Å²) in [6, 6.07) is 26.9. The minimum atomic E-state index is 0.533. The van der Waals surface area contributed by atoms with Gasteiger partial charge < -0.3 is 15.5 Å². The van der Waals surface area contributed by atoms with Crippen LogP contribution in [-0.4, -0.2) is 37.6 Å². The summed E-state index contributed by atoms with van der Waals surface area (Å²) < 4.78 is 0. The largest absolute Gasteiger partial charge is 0.399 e. The molecule has 0 saturated carbocycles. The zero-order valence-corrected chi connectivity index (χ0v) is 21.7. The van der Waals surface area contributed by atoms with Crippen LogP contribution in [0.3, 0.4) is 0 Å². The van der Waals surface area contributed by atoms with Crippen molar-refractivity contribution in [2.45, 2.75) is 45.4 Å². The standard InChI is InChI=1S/C33H39N3/c1-2-35-20-7-18-33(19-21-35)23-36(24-33)29-15-12-26(13-16-29)32-30(25-8-4-3-5-9-25)11-6-10-27-22-28(34)14-17-31(27)32/h3-5,8-9,12-17,22H,2,6-7,10-11,18-21,23-24,34H2,1H3. The van der Waals surface area contributed by atoms with E-state index < -0.39 is 0 Å². The maximum atomic E-state index is 6.20. The molecule has 0 atom stereocenters. The summed E-state index contributed by atoms with van der Waals surface area (Å²) in [5, 5.41) is 0. The Labute approximate surface area is 216 Å². The van der Waals surface area contributed by atoms with Gasteiger partial charge in [-0.3, -0.25) is 0 Å². The van der Waals surface area contributed by atoms with E-state index in [0.717, 1.165) is 24.9 Å². The lowest BCUT2D eigenvalue weighted by molar-refractivity contribution is 0.177. The molecule has 0 aromatic heterocycles. The summed E-state index contributed by atoms with van der Waals surface area (Å²) in [5.74, 6) is 0. The fourth-order valence-electron chi connectivity index (χ4n) is 6.79. The van der Waals surface area contributed by atoms with Crippen molar-refractivity contribution in [2.24, 2.45) is 5.41 Å². The average Bonchev–Trinajstić information content (AvgIpc) is 3.23. The molecule has 1 spiro atoms. The van der Waals surface area contributed by atoms with Crippen molar-refractivity contribution in [1.29, 1.82) is 0 Å². The van der Waals surface area contributed by atoms with Crippen molar-refractivity contribution in [3.63, 3.8) is 0 Å². The SMILES string of the molecule is CCN1CCCC2(CC1)CN(c1ccc(C3=C(c4ccccc4)CCCc4cc(N)ccc43)cc1)C2. The van der Waals surface area contributed by atoms with Gasteiger partial charge in [-0.15, -0.1) is 0 Å². The highest BCUT2D eigenvalue weighted by molar-refractivity contribution is 6.00. The van der Waals surface area contributed by atoms with Gasteiger partial charge >= 0.3 is 0 Å². The Balaban J connectivity index is 1.30. The van der Waals surface area contributed by atoms with Crippen molar-refractivity contribution < 1.29 is 0 Å². The lowest BCUT2D eigenvalue weighted by Crippen LogP contribution is -2.56. The van der Waals surface area contributed by atoms with E-state index in [0.29, 0.717) is 5.41 Å². The van der Waals surface area contributed by atoms with Gasteiger partial charge in [0.05, 0.1) is 0 Å². The van der Waals surface area contributed by atoms with E-state index >= 15 is 0 Å². The number of allylic oxidation sites excluding steroid dienone is 1. The molecule has 2 saturated heterocycles. The maximum absolute atomic E-state index is 6.20. The van der Waals surface area contributed by atoms with E-state index in [1.807, 2.05) is 0 Å². The van der Waals surface area contributed by atoms with Crippen LogP contribution in [0.4, 0.5) is 11.4 Å². The Hall–Kier alpha value is -3.04. The number of nitrogen functional groups attached to an aromatic ring is 1. The van der Waals surface area contributed by atoms with Crippen LogP contribution in [-0.2, 0) is 6.42 Å². The number of rotatable bonds is 4. The summed E-state index contributed by atoms with van der Waals surface area (Å²) in [6.45, 7) is 8.46. The van der Waals surface area contributed by atoms with Crippen LogP contribution in [0, 0.1) is 5.41 Å². The van der Waals surface area contributed by atoms with Crippen LogP contribution in [0.5, 0.6) is 0 Å². The Morgan fingerprint density at radius 2 is 1.61 bits per heavy atom. The molecule has 3 aromatic carbocycles. The van der Waals surface area contributed by atoms with Gasteiger partial charge in [-0.05, 0) is 116 Å². The molecule has 2 aliphatic heterocycles. The summed E-state index contributed by atoms with van der Waals surface area (Å²) in [4.78, 5) is 5.22. The second-order valence-electron chi connectivity index (χ2n) is 11.2. The normalized spacial score (nSPS) is 20.0. The first-order valence-corrected chi connectivity index (χ1v) is 13.9. The molecule has 3 heteroatoms. The van der Waals surface area contributed by atoms with Crippen molar-refractivity contribution in [2.75, 3.05) is 43.4 Å². The number of hydrogen-bond donors (Lipinski definition) is 1. The highest BCUT2D eigenvalue weighted by Crippen LogP contribution is 2.44. The van der Waals surface area contributed by atoms with Crippen molar-refractivity contribution in [3.8, 4) is 0 Å². The highest BCUT2D eigenvalue weighted by Gasteiger charge is 2.43. The molecule has 2 fully saturated rings. The van der Waals surface area contributed by atoms with Gasteiger partial charge in [0, 0.05) is 29.9 Å². The quantitative estimate of drug-likeness (QED) is 0.416. The number of aryl methyl sites for hydroxylation is 1. The molecule has 0 unspecified atom stereocenters. The number of nitrogens with zero attached hydrogens (tertiary/aromatic N) is 2. The molecule has 3 nitrogen and oxygen atoms in total. The Morgan fingerprint density at radius 3 is 2.39 bits per heavy atom. The molecule has 0 amide bonds. The first kappa shape index (κ1) is 23.4. The predicted octanol–water partition coefficient (Wildman–Crippen LogP) is 6.88. The first-order valence-electron chi connectivity index (χ1n) is 13.9. The molecule has 0 bridgehead atoms. The van der Waals surface area contributed by atoms with Gasteiger partial charge in [0.2, 0.25) is 0 Å². The van der Waals surface area contributed by atoms with Crippen LogP contribution >= 0.6 is 0 Å². The Bertz CT molecular complexity index is 1240. The molecular formula is C33H39N3. The summed E-state index contributed by atoms with van der Waals surface area (Å²) in [5.41, 5.74) is 17.2. The van der Waals surface area contributed by atoms with E-state index in [9.17, 15) is 0 Å². The van der Waals surface area contributed by atoms with Gasteiger partial charge in [0.15, 0.2) is 0 Å². The molecule has 2 heterocycles. The molecule has 3 aromatic rings. The fraction of sp³-hybridized carbons (Fsp3) is 0.394. The second kappa shape index (κ2) is 9.78. The monoisotopic (exact) mass is 477 g/mol. The molecule has 2 N–H and O–H groups in total. The zero-order valence-electron chi connectivity index (χ0n) is 21.7. The third-order valence-corrected chi connectivity index (χ3v) is 8.86. The lowest BCUT2D eigenvalue weighted by atomic mass is 9.73. The van der Waals surface area contributed by atoms with E-state index in [-0.39, 0.29) is 0 Å². The van der Waals surface area contributed by atoms with Crippen molar-refractivity contribution in [1.82, 2.24) is 4.90 Å². The van der Waals surface area contributed by atoms with Crippen LogP contribution in [0.15, 0.2) is 72.8 Å². The van der Waals surface area contributed by atoms with Gasteiger partial charge in [-0.1, -0.05) is 55.5 Å². The average molecular weight is 478 g/mol. The maximum Gasteiger partial charge on any atom is 0.0367 e. The summed E-state index contributed by atoms with van der Waals surface area (Å²) in [6.07, 6.45) is 7.38. The molecule has 1 aliphatic carbocycles. The summed E-state index contributed by atoms with van der Waals surface area (Å²) in [7, 11) is 0. The third kappa shape index (κ3) is 4.46. The lowest BCUT2D eigenvalue weighted by Gasteiger charge is -2.51. The molecule has 6 rings (SSSR count). The van der Waals surface area contributed by atoms with E-state index in [1.165, 1.54) is 91.1 Å². The van der Waals surface area contributed by atoms with E-state index in [4.69, 9.17) is 5.73 Å². The predicted molar refractivity (Wildman–Crippen MR) is 153 cm³/mol. The minimum Gasteiger partial charge on any atom is -0.399 e. The Morgan fingerprint density at radius 1 is 0.806 bits per heavy atom. The molecule has 0 radical (unpaired) electrons. The van der Waals surface area contributed by atoms with Crippen molar-refractivity contribution >= 4 is 22.5 Å². The van der Waals surface area contributed by atoms with E-state index in [1.54, 1.807) is 0 Å². The number of nitrogens with two attached hydrogens (primary N) is 1. The van der Waals surface area contributed by atoms with Crippen LogP contribution < -0.4 is 10.6 Å². The van der Waals surface area contributed by atoms with E-state index in [2.05, 4.69) is 89.5 Å². The molecular weight excluding hydrogens is 438 g/mol. The van der Waals surface area contributed by atoms with Crippen LogP contribution in [0.1, 0.15) is 61.3 Å². The minimum absolute atomic E-state index is 0.533. The van der Waals surface area contributed by atoms with Gasteiger partial charge in [-0.2, -0.15) is 0 Å². The first-order chi connectivity index (χ1) is 17.6. The topological polar surface area (TPSA) is 32.5 Å². The second-order valence-corrected chi connectivity index (χ2v) is 11.2. The number of fused-ring (bicyclic) bond motifs is 1. The number of likely N-dealkylation sites (tertiary alicyclic amines) is 1. The smallest absolute Gasteiger partial charge is 0.0367 e. The van der Waals surface area contributed by atoms with Crippen LogP contribution in [0.25, 0.3) is 11.1 Å². The zero-order chi connectivity index (χ0) is 24.5.